The lowest BCUT2D eigenvalue weighted by Gasteiger charge is -2.19. The van der Waals surface area contributed by atoms with Crippen LogP contribution in [-0.4, -0.2) is 0 Å². The highest BCUT2D eigenvalue weighted by atomic mass is 14.2. The van der Waals surface area contributed by atoms with Gasteiger partial charge in [-0.3, -0.25) is 0 Å². The predicted octanol–water partition coefficient (Wildman–Crippen LogP) is 3.00. The second-order valence-electron chi connectivity index (χ2n) is 2.92. The van der Waals surface area contributed by atoms with Gasteiger partial charge in [-0.25, -0.2) is 0 Å². The van der Waals surface area contributed by atoms with Gasteiger partial charge in [-0.1, -0.05) is 39.0 Å². The van der Waals surface area contributed by atoms with Gasteiger partial charge in [0.25, 0.3) is 0 Å². The standard InChI is InChI=1S/C9H16/c1-2-6-9-7-4-3-5-8-9/h6,9H,1-5,7-8H2. The minimum atomic E-state index is 0.913. The van der Waals surface area contributed by atoms with Crippen LogP contribution in [0.15, 0.2) is 0 Å². The van der Waals surface area contributed by atoms with E-state index >= 15 is 0 Å². The van der Waals surface area contributed by atoms with Crippen LogP contribution in [0.5, 0.6) is 0 Å². The highest BCUT2D eigenvalue weighted by Gasteiger charge is 2.11. The Balaban J connectivity index is 2.08. The molecule has 0 atom stereocenters. The first-order valence-corrected chi connectivity index (χ1v) is 4.06. The molecule has 0 heterocycles. The minimum Gasteiger partial charge on any atom is -0.0533 e. The second kappa shape index (κ2) is 3.92. The van der Waals surface area contributed by atoms with Gasteiger partial charge >= 0.3 is 0 Å². The summed E-state index contributed by atoms with van der Waals surface area (Å²) in [6.07, 6.45) is 10.6. The maximum Gasteiger partial charge on any atom is -0.0355 e. The number of rotatable bonds is 2. The summed E-state index contributed by atoms with van der Waals surface area (Å²) in [4.78, 5) is 0. The highest BCUT2D eigenvalue weighted by Crippen LogP contribution is 2.26. The van der Waals surface area contributed by atoms with E-state index in [4.69, 9.17) is 0 Å². The normalized spacial score (nSPS) is 22.3. The molecule has 0 heteroatoms. The van der Waals surface area contributed by atoms with Crippen molar-refractivity contribution in [3.8, 4) is 0 Å². The Morgan fingerprint density at radius 2 is 1.89 bits per heavy atom. The third kappa shape index (κ3) is 2.38. The van der Waals surface area contributed by atoms with Gasteiger partial charge < -0.3 is 0 Å². The van der Waals surface area contributed by atoms with E-state index in [0.29, 0.717) is 0 Å². The van der Waals surface area contributed by atoms with E-state index in [1.807, 2.05) is 0 Å². The summed E-state index contributed by atoms with van der Waals surface area (Å²) in [5, 5.41) is 0. The lowest BCUT2D eigenvalue weighted by atomic mass is 9.86. The van der Waals surface area contributed by atoms with Gasteiger partial charge in [0.15, 0.2) is 0 Å². The third-order valence-corrected chi connectivity index (χ3v) is 2.15. The largest absolute Gasteiger partial charge is 0.0533 e. The molecule has 9 heavy (non-hydrogen) atoms. The van der Waals surface area contributed by atoms with E-state index in [0.717, 1.165) is 12.3 Å². The molecule has 1 aliphatic rings. The van der Waals surface area contributed by atoms with Crippen molar-refractivity contribution < 1.29 is 0 Å². The Bertz CT molecular complexity index is 57.7. The van der Waals surface area contributed by atoms with Crippen LogP contribution in [0.1, 0.15) is 38.5 Å². The zero-order valence-electron chi connectivity index (χ0n) is 6.10. The fourth-order valence-electron chi connectivity index (χ4n) is 1.61. The van der Waals surface area contributed by atoms with E-state index in [1.165, 1.54) is 32.1 Å². The van der Waals surface area contributed by atoms with Gasteiger partial charge in [0.05, 0.1) is 0 Å². The van der Waals surface area contributed by atoms with E-state index in [2.05, 4.69) is 13.3 Å². The Morgan fingerprint density at radius 1 is 1.22 bits per heavy atom. The van der Waals surface area contributed by atoms with Crippen molar-refractivity contribution in [2.24, 2.45) is 5.92 Å². The molecule has 0 amide bonds. The summed E-state index contributed by atoms with van der Waals surface area (Å²) >= 11 is 0. The zero-order chi connectivity index (χ0) is 6.53. The summed E-state index contributed by atoms with van der Waals surface area (Å²) in [7, 11) is 0. The summed E-state index contributed by atoms with van der Waals surface area (Å²) in [6, 6.07) is 0. The molecule has 0 aromatic rings. The summed E-state index contributed by atoms with van der Waals surface area (Å²) in [5.74, 6) is 0.913. The van der Waals surface area contributed by atoms with Crippen LogP contribution in [0.2, 0.25) is 0 Å². The molecule has 0 aliphatic heterocycles. The average molecular weight is 124 g/mol. The quantitative estimate of drug-likeness (QED) is 0.531. The molecule has 0 nitrogen and oxygen atoms in total. The zero-order valence-corrected chi connectivity index (χ0v) is 6.10. The van der Waals surface area contributed by atoms with Crippen LogP contribution in [0.4, 0.5) is 0 Å². The first-order valence-electron chi connectivity index (χ1n) is 4.06. The van der Waals surface area contributed by atoms with Crippen LogP contribution in [0.25, 0.3) is 0 Å². The Hall–Kier alpha value is 0. The first-order chi connectivity index (χ1) is 4.43. The molecule has 1 aliphatic carbocycles. The van der Waals surface area contributed by atoms with Gasteiger partial charge in [-0.15, -0.1) is 0 Å². The molecule has 1 rings (SSSR count). The van der Waals surface area contributed by atoms with E-state index in [-0.39, 0.29) is 0 Å². The van der Waals surface area contributed by atoms with Crippen LogP contribution >= 0.6 is 0 Å². The van der Waals surface area contributed by atoms with Crippen molar-refractivity contribution in [2.45, 2.75) is 38.5 Å². The highest BCUT2D eigenvalue weighted by molar-refractivity contribution is 4.79. The molecule has 0 aromatic carbocycles. The molecule has 0 unspecified atom stereocenters. The molecule has 1 saturated carbocycles. The van der Waals surface area contributed by atoms with Gasteiger partial charge in [-0.05, 0) is 18.8 Å². The molecular formula is C9H16. The van der Waals surface area contributed by atoms with E-state index in [1.54, 1.807) is 0 Å². The summed E-state index contributed by atoms with van der Waals surface area (Å²) in [5.41, 5.74) is 0. The van der Waals surface area contributed by atoms with Crippen LogP contribution in [0, 0.1) is 19.3 Å². The molecule has 52 valence electrons. The molecular weight excluding hydrogens is 108 g/mol. The Morgan fingerprint density at radius 3 is 2.44 bits per heavy atom. The third-order valence-electron chi connectivity index (χ3n) is 2.15. The van der Waals surface area contributed by atoms with Gasteiger partial charge in [-0.2, -0.15) is 0 Å². The SMILES string of the molecule is [CH2]C[CH]C1CCCCC1. The van der Waals surface area contributed by atoms with Gasteiger partial charge in [0.1, 0.15) is 0 Å². The molecule has 0 N–H and O–H groups in total. The van der Waals surface area contributed by atoms with E-state index < -0.39 is 0 Å². The van der Waals surface area contributed by atoms with Crippen LogP contribution < -0.4 is 0 Å². The smallest absolute Gasteiger partial charge is 0.0355 e. The fraction of sp³-hybridized carbons (Fsp3) is 0.778. The predicted molar refractivity (Wildman–Crippen MR) is 40.8 cm³/mol. The molecule has 0 spiro atoms. The summed E-state index contributed by atoms with van der Waals surface area (Å²) in [6.45, 7) is 3.82. The van der Waals surface area contributed by atoms with Gasteiger partial charge in [0.2, 0.25) is 0 Å². The molecule has 2 radical (unpaired) electrons. The molecule has 0 bridgehead atoms. The van der Waals surface area contributed by atoms with Crippen molar-refractivity contribution in [1.82, 2.24) is 0 Å². The lowest BCUT2D eigenvalue weighted by molar-refractivity contribution is 0.394. The van der Waals surface area contributed by atoms with Crippen molar-refractivity contribution in [3.63, 3.8) is 0 Å². The number of hydrogen-bond donors (Lipinski definition) is 0. The molecule has 1 fully saturated rings. The Kier molecular flexibility index (Phi) is 3.10. The topological polar surface area (TPSA) is 0 Å². The van der Waals surface area contributed by atoms with Gasteiger partial charge in [0, 0.05) is 0 Å². The first kappa shape index (κ1) is 7.11. The van der Waals surface area contributed by atoms with Crippen molar-refractivity contribution in [1.29, 1.82) is 0 Å². The molecule has 0 aromatic heterocycles. The maximum atomic E-state index is 3.82. The van der Waals surface area contributed by atoms with Crippen molar-refractivity contribution in [3.05, 3.63) is 13.3 Å². The average Bonchev–Trinajstić information content (AvgIpc) is 1.91. The minimum absolute atomic E-state index is 0.913. The Labute approximate surface area is 58.7 Å². The van der Waals surface area contributed by atoms with Crippen LogP contribution in [-0.2, 0) is 0 Å². The van der Waals surface area contributed by atoms with Crippen LogP contribution in [0.3, 0.4) is 0 Å². The van der Waals surface area contributed by atoms with Crippen molar-refractivity contribution >= 4 is 0 Å². The monoisotopic (exact) mass is 124 g/mol. The fourth-order valence-corrected chi connectivity index (χ4v) is 1.61. The molecule has 0 saturated heterocycles. The number of hydrogen-bond acceptors (Lipinski definition) is 0. The van der Waals surface area contributed by atoms with Crippen molar-refractivity contribution in [2.75, 3.05) is 0 Å². The maximum absolute atomic E-state index is 3.82. The summed E-state index contributed by atoms with van der Waals surface area (Å²) < 4.78 is 0. The second-order valence-corrected chi connectivity index (χ2v) is 2.92. The van der Waals surface area contributed by atoms with E-state index in [9.17, 15) is 0 Å². The lowest BCUT2D eigenvalue weighted by Crippen LogP contribution is -2.05.